The van der Waals surface area contributed by atoms with Crippen molar-refractivity contribution in [1.29, 1.82) is 0 Å². The van der Waals surface area contributed by atoms with Crippen molar-refractivity contribution < 1.29 is 26.3 Å². The number of alkyl halides is 3. The minimum absolute atomic E-state index is 0.0323. The van der Waals surface area contributed by atoms with Gasteiger partial charge < -0.3 is 4.74 Å². The molecule has 230 valence electrons. The highest BCUT2D eigenvalue weighted by Crippen LogP contribution is 2.47. The Bertz CT molecular complexity index is 1390. The van der Waals surface area contributed by atoms with Crippen LogP contribution in [0.15, 0.2) is 23.3 Å². The van der Waals surface area contributed by atoms with Crippen molar-refractivity contribution in [3.63, 3.8) is 0 Å². The normalized spacial score (nSPS) is 25.7. The molecule has 2 aromatic rings. The number of methoxy groups -OCH3 is 1. The Morgan fingerprint density at radius 1 is 1.15 bits per heavy atom. The van der Waals surface area contributed by atoms with E-state index in [1.54, 1.807) is 0 Å². The van der Waals surface area contributed by atoms with Crippen LogP contribution in [0.2, 0.25) is 0 Å². The van der Waals surface area contributed by atoms with Crippen molar-refractivity contribution in [3.8, 4) is 0 Å². The number of hydrogen-bond donors (Lipinski definition) is 2. The standard InChI is InChI=1S/C27H41F3N6O4S/c1-33-17-31-32-25(33)24(19-6-4-7-19)20-8-5-9-21(13-20)35-16-23-22(27(28,29)30)12-18(15-36(23)26(35)37)14-34(2)41(38,39)11-10-40-3/h12,15-16,19-21,24-25,31-32H,4-11,13-14,17H2,1-3H3/t20?,21?,24-,25?/m1/s1. The molecule has 2 aromatic heterocycles. The lowest BCUT2D eigenvalue weighted by Crippen LogP contribution is -2.50. The van der Waals surface area contributed by atoms with E-state index in [2.05, 4.69) is 22.8 Å². The number of pyridine rings is 1. The summed E-state index contributed by atoms with van der Waals surface area (Å²) in [5, 5.41) is 0. The molecule has 1 saturated heterocycles. The number of nitrogens with zero attached hydrogens (tertiary/aromatic N) is 4. The van der Waals surface area contributed by atoms with Gasteiger partial charge in [-0.2, -0.15) is 13.2 Å². The van der Waals surface area contributed by atoms with E-state index in [1.165, 1.54) is 50.4 Å². The van der Waals surface area contributed by atoms with Gasteiger partial charge in [0, 0.05) is 39.1 Å². The van der Waals surface area contributed by atoms with Crippen molar-refractivity contribution in [2.45, 2.75) is 69.9 Å². The fourth-order valence-corrected chi connectivity index (χ4v) is 7.97. The number of hydrogen-bond acceptors (Lipinski definition) is 7. The number of ether oxygens (including phenoxy) is 1. The highest BCUT2D eigenvalue weighted by atomic mass is 32.2. The Hall–Kier alpha value is -1.97. The molecule has 0 aromatic carbocycles. The van der Waals surface area contributed by atoms with Gasteiger partial charge in [-0.3, -0.25) is 13.9 Å². The first-order valence-corrected chi connectivity index (χ1v) is 16.0. The van der Waals surface area contributed by atoms with E-state index in [4.69, 9.17) is 4.74 Å². The molecule has 3 fully saturated rings. The van der Waals surface area contributed by atoms with Gasteiger partial charge in [0.25, 0.3) is 0 Å². The molecule has 2 saturated carbocycles. The van der Waals surface area contributed by atoms with Crippen LogP contribution in [0.3, 0.4) is 0 Å². The van der Waals surface area contributed by atoms with Crippen LogP contribution in [0.25, 0.3) is 5.52 Å². The minimum atomic E-state index is -4.72. The second-order valence-corrected chi connectivity index (χ2v) is 14.1. The molecule has 10 nitrogen and oxygen atoms in total. The lowest BCUT2D eigenvalue weighted by atomic mass is 9.65. The zero-order valence-electron chi connectivity index (χ0n) is 23.9. The zero-order chi connectivity index (χ0) is 29.5. The fourth-order valence-electron chi connectivity index (χ4n) is 6.94. The van der Waals surface area contributed by atoms with E-state index in [0.29, 0.717) is 17.8 Å². The summed E-state index contributed by atoms with van der Waals surface area (Å²) >= 11 is 0. The molecule has 0 amide bonds. The van der Waals surface area contributed by atoms with Crippen LogP contribution in [-0.2, 0) is 27.5 Å². The van der Waals surface area contributed by atoms with Gasteiger partial charge in [-0.1, -0.05) is 25.7 Å². The molecular weight excluding hydrogens is 561 g/mol. The molecule has 41 heavy (non-hydrogen) atoms. The number of halogens is 3. The summed E-state index contributed by atoms with van der Waals surface area (Å²) in [6.45, 7) is 0.419. The molecule has 14 heteroatoms. The van der Waals surface area contributed by atoms with Crippen molar-refractivity contribution >= 4 is 15.5 Å². The second-order valence-electron chi connectivity index (χ2n) is 11.9. The summed E-state index contributed by atoms with van der Waals surface area (Å²) in [5.74, 6) is 1.04. The first-order valence-electron chi connectivity index (χ1n) is 14.4. The topological polar surface area (TPSA) is 100 Å². The molecule has 2 aliphatic carbocycles. The predicted molar refractivity (Wildman–Crippen MR) is 148 cm³/mol. The molecule has 4 atom stereocenters. The average molecular weight is 603 g/mol. The quantitative estimate of drug-likeness (QED) is 0.432. The van der Waals surface area contributed by atoms with Gasteiger partial charge in [0.15, 0.2) is 0 Å². The molecule has 0 spiro atoms. The van der Waals surface area contributed by atoms with Crippen molar-refractivity contribution in [2.75, 3.05) is 40.2 Å². The summed E-state index contributed by atoms with van der Waals surface area (Å²) in [6, 6.07) is 0.747. The maximum absolute atomic E-state index is 14.2. The largest absolute Gasteiger partial charge is 0.418 e. The van der Waals surface area contributed by atoms with Gasteiger partial charge >= 0.3 is 11.9 Å². The van der Waals surface area contributed by atoms with Gasteiger partial charge in [0.1, 0.15) is 0 Å². The molecule has 3 unspecified atom stereocenters. The maximum atomic E-state index is 14.2. The lowest BCUT2D eigenvalue weighted by molar-refractivity contribution is -0.136. The minimum Gasteiger partial charge on any atom is -0.384 e. The van der Waals surface area contributed by atoms with Crippen LogP contribution in [-0.4, -0.2) is 73.0 Å². The highest BCUT2D eigenvalue weighted by Gasteiger charge is 2.44. The number of nitrogens with one attached hydrogen (secondary N) is 2. The van der Waals surface area contributed by atoms with E-state index in [9.17, 15) is 26.4 Å². The number of sulfonamides is 1. The third-order valence-corrected chi connectivity index (χ3v) is 11.1. The van der Waals surface area contributed by atoms with Crippen LogP contribution >= 0.6 is 0 Å². The van der Waals surface area contributed by atoms with E-state index in [-0.39, 0.29) is 42.2 Å². The van der Waals surface area contributed by atoms with Crippen LogP contribution in [0.4, 0.5) is 13.2 Å². The molecule has 2 N–H and O–H groups in total. The van der Waals surface area contributed by atoms with Gasteiger partial charge in [-0.25, -0.2) is 28.4 Å². The maximum Gasteiger partial charge on any atom is 0.418 e. The van der Waals surface area contributed by atoms with E-state index in [1.807, 2.05) is 0 Å². The fraction of sp³-hybridized carbons (Fsp3) is 0.741. The zero-order valence-corrected chi connectivity index (χ0v) is 24.7. The molecule has 5 rings (SSSR count). The summed E-state index contributed by atoms with van der Waals surface area (Å²) in [5.41, 5.74) is 5.07. The molecule has 3 heterocycles. The lowest BCUT2D eigenvalue weighted by Gasteiger charge is -2.46. The Balaban J connectivity index is 1.46. The first kappa shape index (κ1) is 30.5. The molecule has 0 bridgehead atoms. The summed E-state index contributed by atoms with van der Waals surface area (Å²) < 4.78 is 76.1. The highest BCUT2D eigenvalue weighted by molar-refractivity contribution is 7.89. The monoisotopic (exact) mass is 602 g/mol. The van der Waals surface area contributed by atoms with Crippen LogP contribution in [0, 0.1) is 17.8 Å². The Labute approximate surface area is 238 Å². The van der Waals surface area contributed by atoms with Gasteiger partial charge in [0.2, 0.25) is 10.0 Å². The smallest absolute Gasteiger partial charge is 0.384 e. The van der Waals surface area contributed by atoms with Gasteiger partial charge in [-0.15, -0.1) is 0 Å². The molecular formula is C27H41F3N6O4S. The molecule has 1 aliphatic heterocycles. The first-order chi connectivity index (χ1) is 19.4. The third-order valence-electron chi connectivity index (χ3n) is 9.32. The number of hydrazine groups is 1. The number of rotatable bonds is 10. The van der Waals surface area contributed by atoms with Crippen LogP contribution in [0.1, 0.15) is 62.1 Å². The van der Waals surface area contributed by atoms with Crippen LogP contribution in [0.5, 0.6) is 0 Å². The summed E-state index contributed by atoms with van der Waals surface area (Å²) in [6.07, 6.45) is 5.14. The Morgan fingerprint density at radius 3 is 2.46 bits per heavy atom. The number of aromatic nitrogens is 2. The number of imidazole rings is 1. The van der Waals surface area contributed by atoms with Gasteiger partial charge in [-0.05, 0) is 55.7 Å². The van der Waals surface area contributed by atoms with Gasteiger partial charge in [0.05, 0.1) is 36.3 Å². The number of fused-ring (bicyclic) bond motifs is 1. The summed E-state index contributed by atoms with van der Waals surface area (Å²) in [4.78, 5) is 15.9. The SMILES string of the molecule is COCCS(=O)(=O)N(C)Cc1cc(C(F)(F)F)c2cn(C3CCCC([C@@H](C4CCC4)C4NNCN4C)C3)c(=O)n2c1. The van der Waals surface area contributed by atoms with Crippen molar-refractivity contribution in [3.05, 3.63) is 40.1 Å². The van der Waals surface area contributed by atoms with E-state index in [0.717, 1.165) is 47.1 Å². The predicted octanol–water partition coefficient (Wildman–Crippen LogP) is 3.00. The Kier molecular flexibility index (Phi) is 8.89. The third kappa shape index (κ3) is 6.23. The van der Waals surface area contributed by atoms with Crippen LogP contribution < -0.4 is 16.5 Å². The Morgan fingerprint density at radius 2 is 1.85 bits per heavy atom. The average Bonchev–Trinajstić information content (AvgIpc) is 3.46. The molecule has 0 radical (unpaired) electrons. The molecule has 3 aliphatic rings. The van der Waals surface area contributed by atoms with E-state index >= 15 is 0 Å². The van der Waals surface area contributed by atoms with Crippen molar-refractivity contribution in [2.24, 2.45) is 17.8 Å². The van der Waals surface area contributed by atoms with E-state index < -0.39 is 27.5 Å². The second kappa shape index (κ2) is 12.0. The van der Waals surface area contributed by atoms with Crippen molar-refractivity contribution in [1.82, 2.24) is 29.0 Å². The summed E-state index contributed by atoms with van der Waals surface area (Å²) in [7, 11) is 1.02.